The molecule has 5 nitrogen and oxygen atoms in total. The predicted molar refractivity (Wildman–Crippen MR) is 107 cm³/mol. The quantitative estimate of drug-likeness (QED) is 0.858. The molecule has 27 heavy (non-hydrogen) atoms. The summed E-state index contributed by atoms with van der Waals surface area (Å²) in [6.45, 7) is 9.42. The average molecular weight is 392 g/mol. The van der Waals surface area contributed by atoms with Crippen LogP contribution < -0.4 is 5.32 Å². The van der Waals surface area contributed by atoms with E-state index in [2.05, 4.69) is 22.3 Å². The van der Waals surface area contributed by atoms with Gasteiger partial charge in [0.2, 0.25) is 11.8 Å². The van der Waals surface area contributed by atoms with Gasteiger partial charge in [0.25, 0.3) is 0 Å². The number of carbonyl (C=O) groups excluding carboxylic acids is 2. The molecule has 6 heteroatoms. The van der Waals surface area contributed by atoms with E-state index in [1.807, 2.05) is 37.8 Å². The Morgan fingerprint density at radius 1 is 1.19 bits per heavy atom. The summed E-state index contributed by atoms with van der Waals surface area (Å²) < 4.78 is 0. The van der Waals surface area contributed by atoms with Crippen molar-refractivity contribution < 1.29 is 9.59 Å². The van der Waals surface area contributed by atoms with Gasteiger partial charge < -0.3 is 10.2 Å². The molecule has 1 aromatic carbocycles. The Balaban J connectivity index is 1.44. The molecule has 0 spiro atoms. The Morgan fingerprint density at radius 2 is 1.81 bits per heavy atom. The fourth-order valence-corrected chi connectivity index (χ4v) is 4.06. The summed E-state index contributed by atoms with van der Waals surface area (Å²) in [7, 11) is 0. The molecule has 148 valence electrons. The number of hydrogen-bond acceptors (Lipinski definition) is 3. The zero-order chi connectivity index (χ0) is 19.6. The Morgan fingerprint density at radius 3 is 2.37 bits per heavy atom. The van der Waals surface area contributed by atoms with E-state index < -0.39 is 0 Å². The van der Waals surface area contributed by atoms with Crippen LogP contribution in [-0.2, 0) is 16.1 Å². The van der Waals surface area contributed by atoms with Gasteiger partial charge >= 0.3 is 0 Å². The van der Waals surface area contributed by atoms with Gasteiger partial charge in [0.05, 0.1) is 5.92 Å². The Hall–Kier alpha value is -1.59. The minimum atomic E-state index is -0.223. The van der Waals surface area contributed by atoms with Crippen molar-refractivity contribution in [1.29, 1.82) is 0 Å². The first-order chi connectivity index (χ1) is 12.7. The molecule has 0 aromatic heterocycles. The van der Waals surface area contributed by atoms with Gasteiger partial charge in [0.15, 0.2) is 0 Å². The summed E-state index contributed by atoms with van der Waals surface area (Å²) in [5.74, 6) is -0.101. The lowest BCUT2D eigenvalue weighted by Crippen LogP contribution is -2.47. The number of nitrogens with one attached hydrogen (secondary N) is 1. The fourth-order valence-electron chi connectivity index (χ4n) is 3.93. The average Bonchev–Trinajstić information content (AvgIpc) is 3.01. The van der Waals surface area contributed by atoms with E-state index in [4.69, 9.17) is 11.6 Å². The third-order valence-electron chi connectivity index (χ3n) is 5.56. The summed E-state index contributed by atoms with van der Waals surface area (Å²) in [5.41, 5.74) is 1.03. The van der Waals surface area contributed by atoms with Crippen LogP contribution in [0.3, 0.4) is 0 Å². The molecule has 2 heterocycles. The zero-order valence-corrected chi connectivity index (χ0v) is 17.3. The summed E-state index contributed by atoms with van der Waals surface area (Å²) >= 11 is 5.94. The number of amides is 2. The van der Waals surface area contributed by atoms with Crippen LogP contribution in [0.4, 0.5) is 0 Å². The first-order valence-corrected chi connectivity index (χ1v) is 10.2. The summed E-state index contributed by atoms with van der Waals surface area (Å²) in [6, 6.07) is 8.18. The van der Waals surface area contributed by atoms with E-state index in [1.165, 1.54) is 5.56 Å². The molecule has 1 unspecified atom stereocenters. The smallest absolute Gasteiger partial charge is 0.225 e. The topological polar surface area (TPSA) is 52.7 Å². The second-order valence-electron chi connectivity index (χ2n) is 8.76. The van der Waals surface area contributed by atoms with Gasteiger partial charge in [-0.15, -0.1) is 0 Å². The molecular weight excluding hydrogens is 362 g/mol. The van der Waals surface area contributed by atoms with E-state index in [0.29, 0.717) is 13.0 Å². The molecule has 2 saturated heterocycles. The van der Waals surface area contributed by atoms with Crippen LogP contribution in [0.2, 0.25) is 5.02 Å². The summed E-state index contributed by atoms with van der Waals surface area (Å²) in [4.78, 5) is 29.1. The number of hydrogen-bond donors (Lipinski definition) is 1. The van der Waals surface area contributed by atoms with Crippen LogP contribution in [0, 0.1) is 5.92 Å². The lowest BCUT2D eigenvalue weighted by molar-refractivity contribution is -0.132. The second kappa shape index (κ2) is 8.19. The van der Waals surface area contributed by atoms with Crippen LogP contribution in [0.25, 0.3) is 0 Å². The SMILES string of the molecule is CC(C)(C)N1CC(C(=O)NC2CCN(Cc3ccc(Cl)cc3)CC2)CC1=O. The fraction of sp³-hybridized carbons (Fsp3) is 0.619. The van der Waals surface area contributed by atoms with E-state index in [0.717, 1.165) is 37.5 Å². The standard InChI is InChI=1S/C21H30ClN3O2/c1-21(2,3)25-14-16(12-19(25)26)20(27)23-18-8-10-24(11-9-18)13-15-4-6-17(22)7-5-15/h4-7,16,18H,8-14H2,1-3H3,(H,23,27). The van der Waals surface area contributed by atoms with E-state index >= 15 is 0 Å². The highest BCUT2D eigenvalue weighted by molar-refractivity contribution is 6.30. The van der Waals surface area contributed by atoms with Gasteiger partial charge in [-0.1, -0.05) is 23.7 Å². The second-order valence-corrected chi connectivity index (χ2v) is 9.20. The van der Waals surface area contributed by atoms with E-state index in [-0.39, 0.29) is 29.3 Å². The van der Waals surface area contributed by atoms with Gasteiger partial charge in [0, 0.05) is 49.2 Å². The molecule has 1 aromatic rings. The van der Waals surface area contributed by atoms with Crippen molar-refractivity contribution in [1.82, 2.24) is 15.1 Å². The van der Waals surface area contributed by atoms with Gasteiger partial charge in [-0.05, 0) is 51.3 Å². The first kappa shape index (κ1) is 20.2. The highest BCUT2D eigenvalue weighted by atomic mass is 35.5. The zero-order valence-electron chi connectivity index (χ0n) is 16.5. The van der Waals surface area contributed by atoms with Crippen LogP contribution in [0.5, 0.6) is 0 Å². The Kier molecular flexibility index (Phi) is 6.11. The number of rotatable bonds is 4. The molecule has 0 radical (unpaired) electrons. The lowest BCUT2D eigenvalue weighted by atomic mass is 10.0. The highest BCUT2D eigenvalue weighted by Crippen LogP contribution is 2.26. The molecule has 0 bridgehead atoms. The normalized spacial score (nSPS) is 22.3. The van der Waals surface area contributed by atoms with Crippen LogP contribution in [-0.4, -0.2) is 52.8 Å². The van der Waals surface area contributed by atoms with Gasteiger partial charge in [0.1, 0.15) is 0 Å². The van der Waals surface area contributed by atoms with Crippen LogP contribution in [0.1, 0.15) is 45.6 Å². The molecule has 3 rings (SSSR count). The maximum absolute atomic E-state index is 12.6. The molecule has 2 fully saturated rings. The number of carbonyl (C=O) groups is 2. The number of likely N-dealkylation sites (tertiary alicyclic amines) is 2. The molecule has 1 atom stereocenters. The number of nitrogens with zero attached hydrogens (tertiary/aromatic N) is 2. The molecule has 0 saturated carbocycles. The maximum Gasteiger partial charge on any atom is 0.225 e. The minimum absolute atomic E-state index is 0.0336. The highest BCUT2D eigenvalue weighted by Gasteiger charge is 2.39. The lowest BCUT2D eigenvalue weighted by Gasteiger charge is -2.33. The summed E-state index contributed by atoms with van der Waals surface area (Å²) in [6.07, 6.45) is 2.23. The van der Waals surface area contributed by atoms with Crippen molar-refractivity contribution in [3.05, 3.63) is 34.9 Å². The third-order valence-corrected chi connectivity index (χ3v) is 5.81. The van der Waals surface area contributed by atoms with Crippen molar-refractivity contribution in [2.75, 3.05) is 19.6 Å². The number of halogens is 1. The largest absolute Gasteiger partial charge is 0.353 e. The summed E-state index contributed by atoms with van der Waals surface area (Å²) in [5, 5.41) is 3.94. The molecule has 1 N–H and O–H groups in total. The van der Waals surface area contributed by atoms with Crippen molar-refractivity contribution in [2.45, 2.75) is 58.2 Å². The van der Waals surface area contributed by atoms with Crippen LogP contribution in [0.15, 0.2) is 24.3 Å². The molecular formula is C21H30ClN3O2. The molecule has 2 amide bonds. The van der Waals surface area contributed by atoms with E-state index in [1.54, 1.807) is 0 Å². The minimum Gasteiger partial charge on any atom is -0.353 e. The Bertz CT molecular complexity index is 676. The number of piperidine rings is 1. The molecule has 2 aliphatic rings. The number of benzene rings is 1. The molecule has 2 aliphatic heterocycles. The van der Waals surface area contributed by atoms with Gasteiger partial charge in [-0.3, -0.25) is 14.5 Å². The van der Waals surface area contributed by atoms with Crippen LogP contribution >= 0.6 is 11.6 Å². The third kappa shape index (κ3) is 5.23. The van der Waals surface area contributed by atoms with Crippen molar-refractivity contribution >= 4 is 23.4 Å². The van der Waals surface area contributed by atoms with Crippen molar-refractivity contribution in [3.63, 3.8) is 0 Å². The van der Waals surface area contributed by atoms with Gasteiger partial charge in [-0.2, -0.15) is 0 Å². The van der Waals surface area contributed by atoms with E-state index in [9.17, 15) is 9.59 Å². The predicted octanol–water partition coefficient (Wildman–Crippen LogP) is 3.07. The maximum atomic E-state index is 12.6. The van der Waals surface area contributed by atoms with Crippen molar-refractivity contribution in [2.24, 2.45) is 5.92 Å². The Labute approximate surface area is 167 Å². The molecule has 0 aliphatic carbocycles. The monoisotopic (exact) mass is 391 g/mol. The van der Waals surface area contributed by atoms with Gasteiger partial charge in [-0.25, -0.2) is 0 Å². The van der Waals surface area contributed by atoms with Crippen molar-refractivity contribution in [3.8, 4) is 0 Å². The first-order valence-electron chi connectivity index (χ1n) is 9.80.